The summed E-state index contributed by atoms with van der Waals surface area (Å²) in [5.74, 6) is 1.21. The van der Waals surface area contributed by atoms with E-state index in [2.05, 4.69) is 19.1 Å². The van der Waals surface area contributed by atoms with Crippen LogP contribution in [0.5, 0.6) is 0 Å². The molecule has 1 aliphatic rings. The van der Waals surface area contributed by atoms with Crippen LogP contribution in [0.25, 0.3) is 0 Å². The van der Waals surface area contributed by atoms with Gasteiger partial charge in [0.05, 0.1) is 13.2 Å². The van der Waals surface area contributed by atoms with Crippen LogP contribution >= 0.6 is 11.6 Å². The van der Waals surface area contributed by atoms with Gasteiger partial charge in [-0.25, -0.2) is 0 Å². The van der Waals surface area contributed by atoms with E-state index in [0.29, 0.717) is 18.4 Å². The van der Waals surface area contributed by atoms with Gasteiger partial charge in [-0.2, -0.15) is 0 Å². The molecule has 2 nitrogen and oxygen atoms in total. The molecule has 2 rings (SSSR count). The van der Waals surface area contributed by atoms with E-state index in [1.54, 1.807) is 0 Å². The van der Waals surface area contributed by atoms with Crippen molar-refractivity contribution in [1.29, 1.82) is 0 Å². The summed E-state index contributed by atoms with van der Waals surface area (Å²) in [6.07, 6.45) is 2.17. The molecule has 0 amide bonds. The Morgan fingerprint density at radius 1 is 1.37 bits per heavy atom. The fourth-order valence-corrected chi connectivity index (χ4v) is 3.04. The van der Waals surface area contributed by atoms with Gasteiger partial charge in [0, 0.05) is 24.5 Å². The minimum atomic E-state index is 0.178. The van der Waals surface area contributed by atoms with Gasteiger partial charge in [0.2, 0.25) is 0 Å². The van der Waals surface area contributed by atoms with E-state index in [-0.39, 0.29) is 5.41 Å². The topological polar surface area (TPSA) is 18.5 Å². The average Bonchev–Trinajstić information content (AvgIpc) is 2.89. The van der Waals surface area contributed by atoms with Gasteiger partial charge in [-0.3, -0.25) is 0 Å². The van der Waals surface area contributed by atoms with Crippen molar-refractivity contribution in [2.75, 3.05) is 25.7 Å². The Labute approximate surface area is 121 Å². The molecule has 1 heterocycles. The summed E-state index contributed by atoms with van der Waals surface area (Å²) in [6, 6.07) is 10.3. The number of rotatable bonds is 7. The number of halogens is 1. The molecule has 0 spiro atoms. The summed E-state index contributed by atoms with van der Waals surface area (Å²) < 4.78 is 11.3. The highest BCUT2D eigenvalue weighted by Gasteiger charge is 2.35. The Bertz CT molecular complexity index is 360. The van der Waals surface area contributed by atoms with Crippen molar-refractivity contribution in [1.82, 2.24) is 0 Å². The summed E-state index contributed by atoms with van der Waals surface area (Å²) in [4.78, 5) is 0. The van der Waals surface area contributed by atoms with Crippen LogP contribution in [0.3, 0.4) is 0 Å². The first-order chi connectivity index (χ1) is 9.24. The van der Waals surface area contributed by atoms with Crippen LogP contribution in [0.1, 0.15) is 25.3 Å². The van der Waals surface area contributed by atoms with Gasteiger partial charge in [0.1, 0.15) is 0 Å². The summed E-state index contributed by atoms with van der Waals surface area (Å²) in [7, 11) is 0. The molecule has 1 aromatic rings. The SMILES string of the molecule is CC(COCc1ccccc1)CC1(CCl)CCOC1. The first-order valence-electron chi connectivity index (χ1n) is 6.99. The van der Waals surface area contributed by atoms with Gasteiger partial charge in [0.15, 0.2) is 0 Å². The fourth-order valence-electron chi connectivity index (χ4n) is 2.72. The van der Waals surface area contributed by atoms with E-state index in [9.17, 15) is 0 Å². The maximum absolute atomic E-state index is 6.12. The van der Waals surface area contributed by atoms with E-state index in [1.165, 1.54) is 5.56 Å². The van der Waals surface area contributed by atoms with Crippen LogP contribution in [-0.4, -0.2) is 25.7 Å². The Morgan fingerprint density at radius 3 is 2.79 bits per heavy atom. The molecule has 0 N–H and O–H groups in total. The van der Waals surface area contributed by atoms with Crippen molar-refractivity contribution in [2.45, 2.75) is 26.4 Å². The molecule has 0 radical (unpaired) electrons. The van der Waals surface area contributed by atoms with Crippen LogP contribution in [-0.2, 0) is 16.1 Å². The van der Waals surface area contributed by atoms with Crippen molar-refractivity contribution in [3.05, 3.63) is 35.9 Å². The molecule has 0 saturated carbocycles. The molecule has 0 aliphatic carbocycles. The lowest BCUT2D eigenvalue weighted by atomic mass is 9.81. The molecule has 2 unspecified atom stereocenters. The zero-order chi connectivity index (χ0) is 13.6. The van der Waals surface area contributed by atoms with Crippen molar-refractivity contribution in [2.24, 2.45) is 11.3 Å². The molecule has 3 heteroatoms. The van der Waals surface area contributed by atoms with Crippen LogP contribution in [0.2, 0.25) is 0 Å². The average molecular weight is 283 g/mol. The molecule has 2 atom stereocenters. The van der Waals surface area contributed by atoms with Crippen LogP contribution < -0.4 is 0 Å². The van der Waals surface area contributed by atoms with Crippen molar-refractivity contribution < 1.29 is 9.47 Å². The first kappa shape index (κ1) is 14.8. The Morgan fingerprint density at radius 2 is 2.16 bits per heavy atom. The van der Waals surface area contributed by atoms with E-state index in [1.807, 2.05) is 18.2 Å². The molecule has 19 heavy (non-hydrogen) atoms. The highest BCUT2D eigenvalue weighted by atomic mass is 35.5. The van der Waals surface area contributed by atoms with Gasteiger partial charge in [-0.15, -0.1) is 11.6 Å². The highest BCUT2D eigenvalue weighted by Crippen LogP contribution is 2.36. The monoisotopic (exact) mass is 282 g/mol. The predicted molar refractivity (Wildman–Crippen MR) is 78.5 cm³/mol. The van der Waals surface area contributed by atoms with Crippen LogP contribution in [0, 0.1) is 11.3 Å². The van der Waals surface area contributed by atoms with Crippen LogP contribution in [0.4, 0.5) is 0 Å². The van der Waals surface area contributed by atoms with E-state index < -0.39 is 0 Å². The molecule has 0 bridgehead atoms. The number of hydrogen-bond donors (Lipinski definition) is 0. The van der Waals surface area contributed by atoms with Crippen molar-refractivity contribution in [3.63, 3.8) is 0 Å². The molecular formula is C16H23ClO2. The molecule has 1 fully saturated rings. The summed E-state index contributed by atoms with van der Waals surface area (Å²) in [5, 5.41) is 0. The Hall–Kier alpha value is -0.570. The van der Waals surface area contributed by atoms with Gasteiger partial charge in [-0.05, 0) is 24.3 Å². The highest BCUT2D eigenvalue weighted by molar-refractivity contribution is 6.18. The second-order valence-corrected chi connectivity index (χ2v) is 6.01. The minimum absolute atomic E-state index is 0.178. The normalized spacial score (nSPS) is 24.5. The summed E-state index contributed by atoms with van der Waals surface area (Å²) >= 11 is 6.12. The second kappa shape index (κ2) is 7.28. The molecule has 0 aromatic heterocycles. The standard InChI is InChI=1S/C16H23ClO2/c1-14(9-16(12-17)7-8-18-13-16)10-19-11-15-5-3-2-4-6-15/h2-6,14H,7-13H2,1H3. The lowest BCUT2D eigenvalue weighted by molar-refractivity contribution is 0.0695. The molecular weight excluding hydrogens is 260 g/mol. The zero-order valence-electron chi connectivity index (χ0n) is 11.6. The van der Waals surface area contributed by atoms with E-state index in [4.69, 9.17) is 21.1 Å². The van der Waals surface area contributed by atoms with Crippen LogP contribution in [0.15, 0.2) is 30.3 Å². The lowest BCUT2D eigenvalue weighted by Crippen LogP contribution is -2.27. The van der Waals surface area contributed by atoms with Gasteiger partial charge in [0.25, 0.3) is 0 Å². The third-order valence-electron chi connectivity index (χ3n) is 3.76. The predicted octanol–water partition coefficient (Wildman–Crippen LogP) is 3.87. The number of alkyl halides is 1. The molecule has 1 saturated heterocycles. The van der Waals surface area contributed by atoms with Gasteiger partial charge >= 0.3 is 0 Å². The largest absolute Gasteiger partial charge is 0.381 e. The van der Waals surface area contributed by atoms with Crippen molar-refractivity contribution in [3.8, 4) is 0 Å². The molecule has 1 aromatic carbocycles. The Balaban J connectivity index is 1.71. The number of benzene rings is 1. The third-order valence-corrected chi connectivity index (χ3v) is 4.33. The maximum Gasteiger partial charge on any atom is 0.0717 e. The van der Waals surface area contributed by atoms with Gasteiger partial charge in [-0.1, -0.05) is 37.3 Å². The molecule has 106 valence electrons. The fraction of sp³-hybridized carbons (Fsp3) is 0.625. The first-order valence-corrected chi connectivity index (χ1v) is 7.53. The summed E-state index contributed by atoms with van der Waals surface area (Å²) in [6.45, 7) is 5.37. The van der Waals surface area contributed by atoms with E-state index >= 15 is 0 Å². The molecule has 1 aliphatic heterocycles. The number of ether oxygens (including phenoxy) is 2. The van der Waals surface area contributed by atoms with Crippen molar-refractivity contribution >= 4 is 11.6 Å². The zero-order valence-corrected chi connectivity index (χ0v) is 12.4. The minimum Gasteiger partial charge on any atom is -0.381 e. The Kier molecular flexibility index (Phi) is 5.68. The third kappa shape index (κ3) is 4.48. The quantitative estimate of drug-likeness (QED) is 0.707. The lowest BCUT2D eigenvalue weighted by Gasteiger charge is -2.27. The number of hydrogen-bond acceptors (Lipinski definition) is 2. The van der Waals surface area contributed by atoms with E-state index in [0.717, 1.165) is 32.7 Å². The maximum atomic E-state index is 6.12. The smallest absolute Gasteiger partial charge is 0.0717 e. The van der Waals surface area contributed by atoms with Gasteiger partial charge < -0.3 is 9.47 Å². The summed E-state index contributed by atoms with van der Waals surface area (Å²) in [5.41, 5.74) is 1.41. The second-order valence-electron chi connectivity index (χ2n) is 5.75.